The highest BCUT2D eigenvalue weighted by molar-refractivity contribution is 7.91. The molecule has 1 fully saturated rings. The van der Waals surface area contributed by atoms with E-state index in [0.717, 1.165) is 0 Å². The first-order chi connectivity index (χ1) is 9.01. The van der Waals surface area contributed by atoms with Crippen LogP contribution in [0.2, 0.25) is 0 Å². The number of hydrogen-bond acceptors (Lipinski definition) is 4. The molecule has 1 aliphatic rings. The summed E-state index contributed by atoms with van der Waals surface area (Å²) in [6.45, 7) is 5.16. The number of carbonyl (C=O) groups is 2. The molecule has 116 valence electrons. The first-order valence-corrected chi connectivity index (χ1v) is 8.34. The molecule has 1 heterocycles. The van der Waals surface area contributed by atoms with Gasteiger partial charge in [0.1, 0.15) is 15.9 Å². The average Bonchev–Trinajstić information content (AvgIpc) is 2.27. The number of carboxylic acid groups (broad SMARTS) is 1. The lowest BCUT2D eigenvalue weighted by Gasteiger charge is -2.29. The van der Waals surface area contributed by atoms with Crippen molar-refractivity contribution in [3.63, 3.8) is 0 Å². The lowest BCUT2D eigenvalue weighted by atomic mass is 9.87. The second-order valence-corrected chi connectivity index (χ2v) is 8.48. The molecular formula is C12H22N2O5S. The van der Waals surface area contributed by atoms with E-state index in [2.05, 4.69) is 10.6 Å². The van der Waals surface area contributed by atoms with Crippen molar-refractivity contribution in [1.82, 2.24) is 10.6 Å². The van der Waals surface area contributed by atoms with Crippen molar-refractivity contribution < 1.29 is 23.1 Å². The zero-order valence-electron chi connectivity index (χ0n) is 12.0. The van der Waals surface area contributed by atoms with Crippen LogP contribution >= 0.6 is 0 Å². The van der Waals surface area contributed by atoms with Crippen LogP contribution in [-0.4, -0.2) is 49.1 Å². The van der Waals surface area contributed by atoms with E-state index in [4.69, 9.17) is 5.11 Å². The number of sulfone groups is 1. The molecule has 0 unspecified atom stereocenters. The summed E-state index contributed by atoms with van der Waals surface area (Å²) in [6, 6.07) is -1.81. The number of carbonyl (C=O) groups excluding carboxylic acids is 1. The highest BCUT2D eigenvalue weighted by atomic mass is 32.2. The van der Waals surface area contributed by atoms with Gasteiger partial charge in [-0.3, -0.25) is 0 Å². The molecule has 0 aromatic rings. The Bertz CT molecular complexity index is 467. The van der Waals surface area contributed by atoms with Crippen molar-refractivity contribution in [3.05, 3.63) is 0 Å². The molecule has 0 spiro atoms. The van der Waals surface area contributed by atoms with Crippen molar-refractivity contribution in [2.45, 2.75) is 45.7 Å². The molecule has 0 saturated carbocycles. The first kappa shape index (κ1) is 16.7. The maximum absolute atomic E-state index is 11.8. The quantitative estimate of drug-likeness (QED) is 0.697. The third kappa shape index (κ3) is 4.99. The van der Waals surface area contributed by atoms with Crippen LogP contribution in [0.1, 0.15) is 33.6 Å². The third-order valence-corrected chi connectivity index (χ3v) is 4.99. The van der Waals surface area contributed by atoms with Gasteiger partial charge in [-0.05, 0) is 18.3 Å². The summed E-state index contributed by atoms with van der Waals surface area (Å²) in [5.74, 6) is -0.988. The normalized spacial score (nSPS) is 20.9. The Balaban J connectivity index is 2.53. The maximum atomic E-state index is 11.8. The van der Waals surface area contributed by atoms with Gasteiger partial charge in [0.25, 0.3) is 0 Å². The average molecular weight is 306 g/mol. The molecule has 0 radical (unpaired) electrons. The van der Waals surface area contributed by atoms with Crippen LogP contribution in [0.4, 0.5) is 4.79 Å². The molecule has 3 N–H and O–H groups in total. The Kier molecular flexibility index (Phi) is 5.01. The molecule has 1 aliphatic heterocycles. The van der Waals surface area contributed by atoms with Crippen molar-refractivity contribution in [2.75, 3.05) is 11.5 Å². The number of amides is 2. The summed E-state index contributed by atoms with van der Waals surface area (Å²) >= 11 is 0. The van der Waals surface area contributed by atoms with Gasteiger partial charge in [-0.1, -0.05) is 20.8 Å². The number of nitrogens with one attached hydrogen (secondary N) is 2. The van der Waals surface area contributed by atoms with E-state index in [-0.39, 0.29) is 17.5 Å². The lowest BCUT2D eigenvalue weighted by Crippen LogP contribution is -2.54. The van der Waals surface area contributed by atoms with E-state index in [0.29, 0.717) is 12.8 Å². The molecular weight excluding hydrogens is 284 g/mol. The fourth-order valence-corrected chi connectivity index (χ4v) is 3.53. The van der Waals surface area contributed by atoms with Crippen molar-refractivity contribution >= 4 is 21.8 Å². The zero-order valence-corrected chi connectivity index (χ0v) is 12.8. The predicted octanol–water partition coefficient (Wildman–Crippen LogP) is 0.362. The van der Waals surface area contributed by atoms with Gasteiger partial charge in [-0.2, -0.15) is 0 Å². The zero-order chi connectivity index (χ0) is 15.6. The highest BCUT2D eigenvalue weighted by Gasteiger charge is 2.33. The Morgan fingerprint density at radius 3 is 2.10 bits per heavy atom. The summed E-state index contributed by atoms with van der Waals surface area (Å²) in [6.07, 6.45) is 0.728. The van der Waals surface area contributed by atoms with Crippen LogP contribution in [0.25, 0.3) is 0 Å². The van der Waals surface area contributed by atoms with Gasteiger partial charge >= 0.3 is 12.0 Å². The maximum Gasteiger partial charge on any atom is 0.326 e. The Labute approximate surface area is 119 Å². The summed E-state index contributed by atoms with van der Waals surface area (Å²) < 4.78 is 22.5. The topological polar surface area (TPSA) is 113 Å². The minimum Gasteiger partial charge on any atom is -0.480 e. The molecule has 7 nitrogen and oxygen atoms in total. The summed E-state index contributed by atoms with van der Waals surface area (Å²) in [5.41, 5.74) is -0.612. The minimum atomic E-state index is -2.98. The van der Waals surface area contributed by atoms with Gasteiger partial charge in [0.15, 0.2) is 0 Å². The summed E-state index contributed by atoms with van der Waals surface area (Å²) in [7, 11) is -2.98. The standard InChI is InChI=1S/C12H22N2O5S/c1-12(2,3)9(10(15)16)14-11(17)13-8-4-6-20(18,19)7-5-8/h8-9H,4-7H2,1-3H3,(H,15,16)(H2,13,14,17)/t9-/m0/s1. The highest BCUT2D eigenvalue weighted by Crippen LogP contribution is 2.19. The van der Waals surface area contributed by atoms with Crippen LogP contribution in [0, 0.1) is 5.41 Å². The number of aliphatic carboxylic acids is 1. The van der Waals surface area contributed by atoms with E-state index in [9.17, 15) is 18.0 Å². The van der Waals surface area contributed by atoms with Crippen molar-refractivity contribution in [2.24, 2.45) is 5.41 Å². The van der Waals surface area contributed by atoms with Gasteiger partial charge in [-0.25, -0.2) is 18.0 Å². The van der Waals surface area contributed by atoms with Crippen LogP contribution in [-0.2, 0) is 14.6 Å². The third-order valence-electron chi connectivity index (χ3n) is 3.28. The molecule has 8 heteroatoms. The monoisotopic (exact) mass is 306 g/mol. The SMILES string of the molecule is CC(C)(C)[C@@H](NC(=O)NC1CCS(=O)(=O)CC1)C(=O)O. The molecule has 1 rings (SSSR count). The van der Waals surface area contributed by atoms with Crippen molar-refractivity contribution in [3.8, 4) is 0 Å². The minimum absolute atomic E-state index is 0.0551. The molecule has 0 aliphatic carbocycles. The molecule has 0 bridgehead atoms. The molecule has 0 aromatic heterocycles. The Morgan fingerprint density at radius 1 is 1.20 bits per heavy atom. The van der Waals surface area contributed by atoms with Crippen LogP contribution in [0.15, 0.2) is 0 Å². The number of urea groups is 1. The predicted molar refractivity (Wildman–Crippen MR) is 74.2 cm³/mol. The smallest absolute Gasteiger partial charge is 0.326 e. The molecule has 1 atom stereocenters. The second kappa shape index (κ2) is 5.99. The van der Waals surface area contributed by atoms with Gasteiger partial charge in [0.05, 0.1) is 11.5 Å². The van der Waals surface area contributed by atoms with Crippen LogP contribution in [0.5, 0.6) is 0 Å². The van der Waals surface area contributed by atoms with Gasteiger partial charge in [-0.15, -0.1) is 0 Å². The van der Waals surface area contributed by atoms with E-state index in [1.54, 1.807) is 20.8 Å². The molecule has 0 aromatic carbocycles. The van der Waals surface area contributed by atoms with Gasteiger partial charge < -0.3 is 15.7 Å². The van der Waals surface area contributed by atoms with E-state index >= 15 is 0 Å². The number of hydrogen-bond donors (Lipinski definition) is 3. The van der Waals surface area contributed by atoms with Gasteiger partial charge in [0, 0.05) is 6.04 Å². The first-order valence-electron chi connectivity index (χ1n) is 6.51. The summed E-state index contributed by atoms with van der Waals surface area (Å²) in [5, 5.41) is 14.2. The molecule has 20 heavy (non-hydrogen) atoms. The summed E-state index contributed by atoms with van der Waals surface area (Å²) in [4.78, 5) is 22.9. The fourth-order valence-electron chi connectivity index (χ4n) is 2.04. The van der Waals surface area contributed by atoms with Crippen LogP contribution in [0.3, 0.4) is 0 Å². The van der Waals surface area contributed by atoms with Crippen molar-refractivity contribution in [1.29, 1.82) is 0 Å². The lowest BCUT2D eigenvalue weighted by molar-refractivity contribution is -0.141. The molecule has 1 saturated heterocycles. The van der Waals surface area contributed by atoms with E-state index in [1.165, 1.54) is 0 Å². The number of rotatable bonds is 3. The van der Waals surface area contributed by atoms with E-state index < -0.39 is 33.3 Å². The van der Waals surface area contributed by atoms with Gasteiger partial charge in [0.2, 0.25) is 0 Å². The second-order valence-electron chi connectivity index (χ2n) is 6.18. The Morgan fingerprint density at radius 2 is 1.70 bits per heavy atom. The molecule has 2 amide bonds. The van der Waals surface area contributed by atoms with E-state index in [1.807, 2.05) is 0 Å². The van der Waals surface area contributed by atoms with Crippen LogP contribution < -0.4 is 10.6 Å². The fraction of sp³-hybridized carbons (Fsp3) is 0.833. The Hall–Kier alpha value is -1.31. The largest absolute Gasteiger partial charge is 0.480 e. The number of carboxylic acids is 1.